The average Bonchev–Trinajstić information content (AvgIpc) is 3.49. The van der Waals surface area contributed by atoms with Gasteiger partial charge in [0, 0.05) is 37.7 Å². The summed E-state index contributed by atoms with van der Waals surface area (Å²) in [7, 11) is 0. The first kappa shape index (κ1) is 23.6. The van der Waals surface area contributed by atoms with E-state index in [1.165, 1.54) is 0 Å². The van der Waals surface area contributed by atoms with Crippen molar-refractivity contribution in [2.24, 2.45) is 5.92 Å². The molecule has 0 saturated carbocycles. The van der Waals surface area contributed by atoms with Crippen molar-refractivity contribution in [1.82, 2.24) is 15.4 Å². The molecule has 0 saturated heterocycles. The Morgan fingerprint density at radius 2 is 1.91 bits per heavy atom. The monoisotopic (exact) mass is 483 g/mol. The first-order valence-electron chi connectivity index (χ1n) is 11.1. The Labute approximate surface area is 202 Å². The number of amides is 2. The molecule has 4 rings (SSSR count). The first-order chi connectivity index (χ1) is 16.4. The van der Waals surface area contributed by atoms with E-state index in [0.29, 0.717) is 40.9 Å². The summed E-state index contributed by atoms with van der Waals surface area (Å²) in [5.74, 6) is 1.55. The molecule has 2 heterocycles. The number of carbonyl (C=O) groups excluding carboxylic acids is 2. The van der Waals surface area contributed by atoms with Crippen molar-refractivity contribution in [3.63, 3.8) is 0 Å². The van der Waals surface area contributed by atoms with Crippen LogP contribution in [0.1, 0.15) is 36.3 Å². The second-order valence-corrected chi connectivity index (χ2v) is 8.82. The van der Waals surface area contributed by atoms with Gasteiger partial charge in [-0.25, -0.2) is 0 Å². The molecule has 0 radical (unpaired) electrons. The largest absolute Gasteiger partial charge is 0.454 e. The van der Waals surface area contributed by atoms with Gasteiger partial charge in [0.05, 0.1) is 5.02 Å². The van der Waals surface area contributed by atoms with E-state index in [1.807, 2.05) is 44.2 Å². The highest BCUT2D eigenvalue weighted by Crippen LogP contribution is 2.32. The number of ether oxygens (including phenoxy) is 2. The molecular formula is C25H26ClN3O5. The van der Waals surface area contributed by atoms with Crippen LogP contribution in [0.3, 0.4) is 0 Å². The highest BCUT2D eigenvalue weighted by Gasteiger charge is 2.22. The first-order valence-corrected chi connectivity index (χ1v) is 11.4. The minimum absolute atomic E-state index is 0.156. The van der Waals surface area contributed by atoms with E-state index >= 15 is 0 Å². The Hall–Kier alpha value is -3.52. The number of hydrogen-bond donors (Lipinski definition) is 1. The second-order valence-electron chi connectivity index (χ2n) is 8.42. The Balaban J connectivity index is 1.35. The fraction of sp³-hybridized carbons (Fsp3) is 0.320. The predicted molar refractivity (Wildman–Crippen MR) is 127 cm³/mol. The van der Waals surface area contributed by atoms with E-state index in [2.05, 4.69) is 10.5 Å². The van der Waals surface area contributed by atoms with Crippen LogP contribution < -0.4 is 14.8 Å². The van der Waals surface area contributed by atoms with Crippen LogP contribution in [0.5, 0.6) is 11.5 Å². The molecule has 8 nitrogen and oxygen atoms in total. The summed E-state index contributed by atoms with van der Waals surface area (Å²) in [6.45, 7) is 5.34. The Bertz CT molecular complexity index is 1180. The molecule has 0 unspecified atom stereocenters. The lowest BCUT2D eigenvalue weighted by atomic mass is 10.1. The SMILES string of the molecule is CC(C)CN(CCC(=O)NCc1ccc2c(c1)OCO2)C(=O)c1cc(-c2ccccc2Cl)on1. The molecule has 0 spiro atoms. The maximum absolute atomic E-state index is 13.1. The summed E-state index contributed by atoms with van der Waals surface area (Å²) in [6.07, 6.45) is 0.165. The van der Waals surface area contributed by atoms with Gasteiger partial charge in [0.2, 0.25) is 12.7 Å². The number of fused-ring (bicyclic) bond motifs is 1. The predicted octanol–water partition coefficient (Wildman–Crippen LogP) is 4.53. The van der Waals surface area contributed by atoms with E-state index in [0.717, 1.165) is 5.56 Å². The van der Waals surface area contributed by atoms with Crippen LogP contribution in [0.15, 0.2) is 53.1 Å². The third kappa shape index (κ3) is 5.69. The quantitative estimate of drug-likeness (QED) is 0.480. The summed E-state index contributed by atoms with van der Waals surface area (Å²) >= 11 is 6.22. The van der Waals surface area contributed by atoms with Crippen LogP contribution in [0.25, 0.3) is 11.3 Å². The lowest BCUT2D eigenvalue weighted by molar-refractivity contribution is -0.121. The van der Waals surface area contributed by atoms with Gasteiger partial charge >= 0.3 is 0 Å². The van der Waals surface area contributed by atoms with Crippen LogP contribution >= 0.6 is 11.6 Å². The van der Waals surface area contributed by atoms with Gasteiger partial charge < -0.3 is 24.2 Å². The van der Waals surface area contributed by atoms with Crippen LogP contribution in [0.2, 0.25) is 5.02 Å². The maximum atomic E-state index is 13.1. The molecule has 9 heteroatoms. The van der Waals surface area contributed by atoms with Crippen molar-refractivity contribution in [2.45, 2.75) is 26.8 Å². The highest BCUT2D eigenvalue weighted by atomic mass is 35.5. The number of benzene rings is 2. The van der Waals surface area contributed by atoms with E-state index < -0.39 is 0 Å². The van der Waals surface area contributed by atoms with Crippen molar-refractivity contribution >= 4 is 23.4 Å². The average molecular weight is 484 g/mol. The Morgan fingerprint density at radius 1 is 1.12 bits per heavy atom. The number of nitrogens with one attached hydrogen (secondary N) is 1. The molecule has 1 aliphatic rings. The smallest absolute Gasteiger partial charge is 0.276 e. The van der Waals surface area contributed by atoms with Gasteiger partial charge in [-0.2, -0.15) is 0 Å². The van der Waals surface area contributed by atoms with Gasteiger partial charge in [-0.15, -0.1) is 0 Å². The molecule has 0 bridgehead atoms. The van der Waals surface area contributed by atoms with Crippen molar-refractivity contribution in [2.75, 3.05) is 19.9 Å². The number of halogens is 1. The number of carbonyl (C=O) groups is 2. The fourth-order valence-electron chi connectivity index (χ4n) is 3.62. The molecule has 2 aromatic carbocycles. The molecule has 0 fully saturated rings. The minimum Gasteiger partial charge on any atom is -0.454 e. The van der Waals surface area contributed by atoms with Crippen LogP contribution in [0, 0.1) is 5.92 Å². The Kier molecular flexibility index (Phi) is 7.37. The summed E-state index contributed by atoms with van der Waals surface area (Å²) < 4.78 is 16.0. The van der Waals surface area contributed by atoms with Gasteiger partial charge in [-0.1, -0.05) is 48.8 Å². The molecule has 1 N–H and O–H groups in total. The molecule has 1 aliphatic heterocycles. The lowest BCUT2D eigenvalue weighted by Crippen LogP contribution is -2.37. The minimum atomic E-state index is -0.292. The Morgan fingerprint density at radius 3 is 2.71 bits per heavy atom. The van der Waals surface area contributed by atoms with Crippen molar-refractivity contribution < 1.29 is 23.6 Å². The van der Waals surface area contributed by atoms with Crippen LogP contribution in [-0.2, 0) is 11.3 Å². The maximum Gasteiger partial charge on any atom is 0.276 e. The highest BCUT2D eigenvalue weighted by molar-refractivity contribution is 6.33. The van der Waals surface area contributed by atoms with E-state index in [-0.39, 0.29) is 43.2 Å². The molecular weight excluding hydrogens is 458 g/mol. The second kappa shape index (κ2) is 10.6. The normalized spacial score (nSPS) is 12.1. The third-order valence-corrected chi connectivity index (χ3v) is 5.61. The molecule has 178 valence electrons. The van der Waals surface area contributed by atoms with Crippen LogP contribution in [0.4, 0.5) is 0 Å². The van der Waals surface area contributed by atoms with Crippen LogP contribution in [-0.4, -0.2) is 41.8 Å². The topological polar surface area (TPSA) is 93.9 Å². The number of rotatable bonds is 9. The zero-order valence-corrected chi connectivity index (χ0v) is 19.8. The van der Waals surface area contributed by atoms with Gasteiger partial charge in [0.1, 0.15) is 0 Å². The van der Waals surface area contributed by atoms with E-state index in [1.54, 1.807) is 23.1 Å². The lowest BCUT2D eigenvalue weighted by Gasteiger charge is -2.23. The zero-order valence-electron chi connectivity index (χ0n) is 19.0. The number of aromatic nitrogens is 1. The molecule has 2 amide bonds. The van der Waals surface area contributed by atoms with Crippen molar-refractivity contribution in [3.8, 4) is 22.8 Å². The van der Waals surface area contributed by atoms with Crippen molar-refractivity contribution in [3.05, 3.63) is 64.8 Å². The molecule has 0 atom stereocenters. The van der Waals surface area contributed by atoms with Gasteiger partial charge in [0.25, 0.3) is 5.91 Å². The van der Waals surface area contributed by atoms with Gasteiger partial charge in [0.15, 0.2) is 23.0 Å². The standard InChI is InChI=1S/C25H26ClN3O5/c1-16(2)14-29(25(31)20-12-22(34-28-20)18-5-3-4-6-19(18)26)10-9-24(30)27-13-17-7-8-21-23(11-17)33-15-32-21/h3-8,11-12,16H,9-10,13-15H2,1-2H3,(H,27,30). The molecule has 3 aromatic rings. The molecule has 1 aromatic heterocycles. The zero-order chi connectivity index (χ0) is 24.1. The summed E-state index contributed by atoms with van der Waals surface area (Å²) in [6, 6.07) is 14.3. The summed E-state index contributed by atoms with van der Waals surface area (Å²) in [5.41, 5.74) is 1.74. The fourth-order valence-corrected chi connectivity index (χ4v) is 3.85. The van der Waals surface area contributed by atoms with E-state index in [4.69, 9.17) is 25.6 Å². The number of nitrogens with zero attached hydrogens (tertiary/aromatic N) is 2. The van der Waals surface area contributed by atoms with Crippen molar-refractivity contribution in [1.29, 1.82) is 0 Å². The third-order valence-electron chi connectivity index (χ3n) is 5.28. The van der Waals surface area contributed by atoms with Gasteiger partial charge in [-0.05, 0) is 35.7 Å². The number of hydrogen-bond acceptors (Lipinski definition) is 6. The summed E-state index contributed by atoms with van der Waals surface area (Å²) in [5, 5.41) is 7.34. The molecule has 0 aliphatic carbocycles. The van der Waals surface area contributed by atoms with Gasteiger partial charge in [-0.3, -0.25) is 9.59 Å². The molecule has 34 heavy (non-hydrogen) atoms. The summed E-state index contributed by atoms with van der Waals surface area (Å²) in [4.78, 5) is 27.2. The van der Waals surface area contributed by atoms with E-state index in [9.17, 15) is 9.59 Å².